The molecule has 1 aromatic carbocycles. The fraction of sp³-hybridized carbons (Fsp3) is 0.526. The molecule has 9 heteroatoms. The van der Waals surface area contributed by atoms with E-state index < -0.39 is 31.1 Å². The minimum atomic E-state index is -4.66. The maximum atomic E-state index is 12.6. The van der Waals surface area contributed by atoms with E-state index in [9.17, 15) is 28.7 Å². The molecule has 2 atom stereocenters. The molecular formula is C19H29N2O6P. The average Bonchev–Trinajstić information content (AvgIpc) is 2.56. The number of rotatable bonds is 9. The molecule has 156 valence electrons. The number of nitrogens with one attached hydrogen (secondary N) is 2. The van der Waals surface area contributed by atoms with Crippen molar-refractivity contribution in [3.8, 4) is 0 Å². The number of hydrogen-bond donors (Lipinski definition) is 4. The van der Waals surface area contributed by atoms with Crippen molar-refractivity contribution in [3.05, 3.63) is 29.8 Å². The van der Waals surface area contributed by atoms with Crippen LogP contribution in [0.3, 0.4) is 0 Å². The minimum Gasteiger partial charge on any atom is -0.343 e. The van der Waals surface area contributed by atoms with Gasteiger partial charge in [-0.25, -0.2) is 0 Å². The molecule has 0 unspecified atom stereocenters. The summed E-state index contributed by atoms with van der Waals surface area (Å²) in [4.78, 5) is 55.5. The second-order valence-corrected chi connectivity index (χ2v) is 9.39. The lowest BCUT2D eigenvalue weighted by atomic mass is 10.0. The number of anilines is 1. The van der Waals surface area contributed by atoms with Crippen LogP contribution < -0.4 is 10.6 Å². The van der Waals surface area contributed by atoms with Crippen molar-refractivity contribution in [3.63, 3.8) is 0 Å². The Morgan fingerprint density at radius 1 is 1.00 bits per heavy atom. The molecule has 0 spiro atoms. The number of carbonyl (C=O) groups excluding carboxylic acids is 3. The van der Waals surface area contributed by atoms with E-state index in [1.165, 1.54) is 6.92 Å². The molecule has 0 radical (unpaired) electrons. The third-order valence-corrected chi connectivity index (χ3v) is 5.47. The van der Waals surface area contributed by atoms with Gasteiger partial charge in [0.2, 0.25) is 11.8 Å². The zero-order valence-electron chi connectivity index (χ0n) is 16.8. The molecule has 1 rings (SSSR count). The Labute approximate surface area is 165 Å². The molecular weight excluding hydrogens is 383 g/mol. The molecule has 0 saturated heterocycles. The van der Waals surface area contributed by atoms with E-state index in [0.717, 1.165) is 0 Å². The van der Waals surface area contributed by atoms with Gasteiger partial charge >= 0.3 is 7.60 Å². The van der Waals surface area contributed by atoms with Crippen LogP contribution in [0.5, 0.6) is 0 Å². The van der Waals surface area contributed by atoms with Crippen LogP contribution in [0, 0.1) is 11.8 Å². The first-order valence-corrected chi connectivity index (χ1v) is 10.8. The molecule has 0 aliphatic heterocycles. The number of Topliss-reactive ketones (excluding diaryl/α,β-unsaturated/α-hetero) is 1. The first-order chi connectivity index (χ1) is 12.8. The van der Waals surface area contributed by atoms with Gasteiger partial charge in [0.25, 0.3) is 0 Å². The third kappa shape index (κ3) is 7.19. The first kappa shape index (κ1) is 24.0. The van der Waals surface area contributed by atoms with Crippen molar-refractivity contribution in [1.82, 2.24) is 5.32 Å². The quantitative estimate of drug-likeness (QED) is 0.364. The highest BCUT2D eigenvalue weighted by molar-refractivity contribution is 7.53. The number of hydrogen-bond acceptors (Lipinski definition) is 4. The second kappa shape index (κ2) is 9.96. The van der Waals surface area contributed by atoms with Crippen molar-refractivity contribution >= 4 is 30.9 Å². The highest BCUT2D eigenvalue weighted by Crippen LogP contribution is 2.44. The van der Waals surface area contributed by atoms with Crippen LogP contribution in [0.15, 0.2) is 24.3 Å². The molecule has 0 aliphatic rings. The highest BCUT2D eigenvalue weighted by atomic mass is 31.2. The summed E-state index contributed by atoms with van der Waals surface area (Å²) < 4.78 is 11.7. The summed E-state index contributed by atoms with van der Waals surface area (Å²) in [5, 5.41) is 5.14. The lowest BCUT2D eigenvalue weighted by molar-refractivity contribution is -0.127. The number of carbonyl (C=O) groups is 3. The van der Waals surface area contributed by atoms with Crippen molar-refractivity contribution in [2.75, 3.05) is 5.32 Å². The van der Waals surface area contributed by atoms with Gasteiger partial charge in [-0.15, -0.1) is 0 Å². The van der Waals surface area contributed by atoms with Gasteiger partial charge in [0.1, 0.15) is 11.7 Å². The average molecular weight is 412 g/mol. The van der Waals surface area contributed by atoms with E-state index >= 15 is 0 Å². The lowest BCUT2D eigenvalue weighted by Gasteiger charge is -2.26. The lowest BCUT2D eigenvalue weighted by Crippen LogP contribution is -2.50. The molecule has 0 aromatic heterocycles. The maximum absolute atomic E-state index is 12.6. The summed E-state index contributed by atoms with van der Waals surface area (Å²) in [5.74, 6) is -1.86. The zero-order chi connectivity index (χ0) is 21.6. The van der Waals surface area contributed by atoms with E-state index in [4.69, 9.17) is 0 Å². The number of amides is 2. The second-order valence-electron chi connectivity index (χ2n) is 7.59. The van der Waals surface area contributed by atoms with Crippen LogP contribution >= 0.6 is 7.60 Å². The van der Waals surface area contributed by atoms with Crippen LogP contribution in [0.25, 0.3) is 0 Å². The van der Waals surface area contributed by atoms with E-state index in [-0.39, 0.29) is 24.0 Å². The van der Waals surface area contributed by atoms with Crippen LogP contribution in [0.4, 0.5) is 5.69 Å². The Kier molecular flexibility index (Phi) is 8.54. The van der Waals surface area contributed by atoms with Gasteiger partial charge in [0.05, 0.1) is 0 Å². The van der Waals surface area contributed by atoms with Gasteiger partial charge < -0.3 is 20.4 Å². The summed E-state index contributed by atoms with van der Waals surface area (Å²) in [6.07, 6.45) is 0.00898. The Morgan fingerprint density at radius 2 is 1.54 bits per heavy atom. The summed E-state index contributed by atoms with van der Waals surface area (Å²) in [6.45, 7) is 8.39. The SMILES string of the molecule is CC(=O)c1ccc(NC(=O)[C@@H](NC(=O)[C@@H](CC(C)C)P(=O)(O)O)C(C)C)cc1. The molecule has 0 aliphatic carbocycles. The molecule has 0 saturated carbocycles. The van der Waals surface area contributed by atoms with Crippen LogP contribution in [-0.2, 0) is 14.2 Å². The fourth-order valence-electron chi connectivity index (χ4n) is 2.64. The van der Waals surface area contributed by atoms with E-state index in [0.29, 0.717) is 11.3 Å². The molecule has 1 aromatic rings. The van der Waals surface area contributed by atoms with E-state index in [1.54, 1.807) is 52.0 Å². The molecule has 2 amide bonds. The first-order valence-electron chi connectivity index (χ1n) is 9.10. The Bertz CT molecular complexity index is 754. The maximum Gasteiger partial charge on any atom is 0.337 e. The van der Waals surface area contributed by atoms with Gasteiger partial charge in [-0.1, -0.05) is 27.7 Å². The normalized spacial score (nSPS) is 13.9. The molecule has 0 bridgehead atoms. The zero-order valence-corrected chi connectivity index (χ0v) is 17.7. The third-order valence-electron chi connectivity index (χ3n) is 4.21. The van der Waals surface area contributed by atoms with E-state index in [1.807, 2.05) is 0 Å². The van der Waals surface area contributed by atoms with Crippen LogP contribution in [0.1, 0.15) is 51.4 Å². The smallest absolute Gasteiger partial charge is 0.337 e. The fourth-order valence-corrected chi connectivity index (χ4v) is 3.71. The van der Waals surface area contributed by atoms with Crippen LogP contribution in [0.2, 0.25) is 0 Å². The molecule has 4 N–H and O–H groups in total. The molecule has 28 heavy (non-hydrogen) atoms. The Balaban J connectivity index is 2.93. The van der Waals surface area contributed by atoms with Crippen molar-refractivity contribution < 1.29 is 28.7 Å². The highest BCUT2D eigenvalue weighted by Gasteiger charge is 2.38. The van der Waals surface area contributed by atoms with Gasteiger partial charge in [0, 0.05) is 11.3 Å². The summed E-state index contributed by atoms with van der Waals surface area (Å²) in [7, 11) is -4.66. The molecule has 0 fully saturated rings. The largest absolute Gasteiger partial charge is 0.343 e. The van der Waals surface area contributed by atoms with Gasteiger partial charge in [0.15, 0.2) is 5.78 Å². The predicted molar refractivity (Wildman–Crippen MR) is 107 cm³/mol. The summed E-state index contributed by atoms with van der Waals surface area (Å²) >= 11 is 0. The standard InChI is InChI=1S/C19H29N2O6P/c1-11(2)10-16(28(25,26)27)18(23)21-17(12(3)4)19(24)20-15-8-6-14(7-9-15)13(5)22/h6-9,11-12,16-17H,10H2,1-5H3,(H,20,24)(H,21,23)(H2,25,26,27)/t16-,17+/m1/s1. The monoisotopic (exact) mass is 412 g/mol. The Hall–Kier alpha value is -2.02. The number of ketones is 1. The van der Waals surface area contributed by atoms with Crippen LogP contribution in [-0.4, -0.2) is 39.1 Å². The van der Waals surface area contributed by atoms with E-state index in [2.05, 4.69) is 10.6 Å². The van der Waals surface area contributed by atoms with Crippen molar-refractivity contribution in [1.29, 1.82) is 0 Å². The van der Waals surface area contributed by atoms with Crippen molar-refractivity contribution in [2.24, 2.45) is 11.8 Å². The number of benzene rings is 1. The van der Waals surface area contributed by atoms with Crippen molar-refractivity contribution in [2.45, 2.75) is 52.7 Å². The van der Waals surface area contributed by atoms with Gasteiger partial charge in [-0.05, 0) is 49.4 Å². The van der Waals surface area contributed by atoms with Gasteiger partial charge in [-0.3, -0.25) is 18.9 Å². The predicted octanol–water partition coefficient (Wildman–Crippen LogP) is 2.56. The van der Waals surface area contributed by atoms with Gasteiger partial charge in [-0.2, -0.15) is 0 Å². The molecule has 8 nitrogen and oxygen atoms in total. The Morgan fingerprint density at radius 3 is 1.93 bits per heavy atom. The minimum absolute atomic E-state index is 0.00898. The topological polar surface area (TPSA) is 133 Å². The molecule has 0 heterocycles. The summed E-state index contributed by atoms with van der Waals surface area (Å²) in [5.41, 5.74) is -0.551. The summed E-state index contributed by atoms with van der Waals surface area (Å²) in [6, 6.07) is 5.33.